The van der Waals surface area contributed by atoms with Crippen LogP contribution in [0.2, 0.25) is 0 Å². The maximum atomic E-state index is 12.3. The van der Waals surface area contributed by atoms with E-state index in [0.29, 0.717) is 23.0 Å². The van der Waals surface area contributed by atoms with E-state index in [1.165, 1.54) is 24.3 Å². The standard InChI is InChI=1S/C26H22N2O5S/c29-26(28-20-11-13-22(14-12-20)32-21-7-3-1-4-8-21)18-17-23-15-16-24(33-23)19-27-34(30,31)25-9-5-2-6-10-25/h1-18,27H,19H2,(H,28,29)/b18-17+. The van der Waals surface area contributed by atoms with Crippen LogP contribution in [0.5, 0.6) is 11.5 Å². The average molecular weight is 475 g/mol. The molecule has 2 N–H and O–H groups in total. The van der Waals surface area contributed by atoms with Gasteiger partial charge in [-0.25, -0.2) is 13.1 Å². The number of rotatable bonds is 9. The molecule has 0 atom stereocenters. The second kappa shape index (κ2) is 10.7. The van der Waals surface area contributed by atoms with Gasteiger partial charge in [-0.15, -0.1) is 0 Å². The number of amides is 1. The lowest BCUT2D eigenvalue weighted by Crippen LogP contribution is -2.22. The first-order chi connectivity index (χ1) is 16.5. The highest BCUT2D eigenvalue weighted by Crippen LogP contribution is 2.22. The molecule has 0 fully saturated rings. The Morgan fingerprint density at radius 1 is 0.824 bits per heavy atom. The predicted octanol–water partition coefficient (Wildman–Crippen LogP) is 5.20. The molecule has 1 amide bonds. The van der Waals surface area contributed by atoms with Crippen LogP contribution in [0.15, 0.2) is 112 Å². The molecule has 0 aliphatic rings. The van der Waals surface area contributed by atoms with Crippen LogP contribution < -0.4 is 14.8 Å². The van der Waals surface area contributed by atoms with Crippen molar-refractivity contribution in [3.05, 3.63) is 115 Å². The Balaban J connectivity index is 1.28. The molecule has 0 saturated heterocycles. The maximum absolute atomic E-state index is 12.3. The van der Waals surface area contributed by atoms with Crippen LogP contribution in [-0.4, -0.2) is 14.3 Å². The molecule has 7 nitrogen and oxygen atoms in total. The Kier molecular flexibility index (Phi) is 7.22. The quantitative estimate of drug-likeness (QED) is 0.325. The van der Waals surface area contributed by atoms with Crippen molar-refractivity contribution in [2.75, 3.05) is 5.32 Å². The summed E-state index contributed by atoms with van der Waals surface area (Å²) >= 11 is 0. The average Bonchev–Trinajstić information content (AvgIpc) is 3.32. The Labute approximate surface area is 197 Å². The van der Waals surface area contributed by atoms with Crippen LogP contribution in [0, 0.1) is 0 Å². The van der Waals surface area contributed by atoms with E-state index in [1.807, 2.05) is 30.3 Å². The van der Waals surface area contributed by atoms with Crippen molar-refractivity contribution in [3.8, 4) is 11.5 Å². The minimum absolute atomic E-state index is 0.00529. The van der Waals surface area contributed by atoms with Gasteiger partial charge in [0.05, 0.1) is 11.4 Å². The van der Waals surface area contributed by atoms with Crippen LogP contribution in [0.3, 0.4) is 0 Å². The largest absolute Gasteiger partial charge is 0.460 e. The summed E-state index contributed by atoms with van der Waals surface area (Å²) < 4.78 is 38.4. The first kappa shape index (κ1) is 23.0. The van der Waals surface area contributed by atoms with Crippen LogP contribution in [0.4, 0.5) is 5.69 Å². The molecule has 0 radical (unpaired) electrons. The molecule has 0 aliphatic heterocycles. The Bertz CT molecular complexity index is 1360. The summed E-state index contributed by atoms with van der Waals surface area (Å²) in [6, 6.07) is 27.8. The molecule has 0 unspecified atom stereocenters. The number of hydrogen-bond donors (Lipinski definition) is 2. The molecule has 1 aromatic heterocycles. The first-order valence-electron chi connectivity index (χ1n) is 10.4. The van der Waals surface area contributed by atoms with Crippen molar-refractivity contribution in [2.45, 2.75) is 11.4 Å². The van der Waals surface area contributed by atoms with Crippen molar-refractivity contribution in [3.63, 3.8) is 0 Å². The van der Waals surface area contributed by atoms with E-state index in [9.17, 15) is 13.2 Å². The van der Waals surface area contributed by atoms with Gasteiger partial charge in [-0.05, 0) is 66.7 Å². The van der Waals surface area contributed by atoms with Gasteiger partial charge < -0.3 is 14.5 Å². The maximum Gasteiger partial charge on any atom is 0.248 e. The van der Waals surface area contributed by atoms with E-state index < -0.39 is 10.0 Å². The van der Waals surface area contributed by atoms with Crippen molar-refractivity contribution < 1.29 is 22.4 Å². The molecule has 0 bridgehead atoms. The monoisotopic (exact) mass is 474 g/mol. The van der Waals surface area contributed by atoms with Crippen molar-refractivity contribution >= 4 is 27.7 Å². The number of carbonyl (C=O) groups is 1. The second-order valence-corrected chi connectivity index (χ2v) is 8.97. The van der Waals surface area contributed by atoms with E-state index in [0.717, 1.165) is 5.75 Å². The highest BCUT2D eigenvalue weighted by Gasteiger charge is 2.13. The van der Waals surface area contributed by atoms with E-state index in [-0.39, 0.29) is 17.3 Å². The van der Waals surface area contributed by atoms with Gasteiger partial charge in [0.25, 0.3) is 0 Å². The zero-order chi connectivity index (χ0) is 23.8. The lowest BCUT2D eigenvalue weighted by molar-refractivity contribution is -0.111. The van der Waals surface area contributed by atoms with Crippen molar-refractivity contribution in [2.24, 2.45) is 0 Å². The number of anilines is 1. The van der Waals surface area contributed by atoms with Crippen LogP contribution in [-0.2, 0) is 21.4 Å². The molecule has 172 valence electrons. The predicted molar refractivity (Wildman–Crippen MR) is 130 cm³/mol. The fraction of sp³-hybridized carbons (Fsp3) is 0.0385. The normalized spacial score (nSPS) is 11.4. The molecule has 1 heterocycles. The number of benzene rings is 3. The third kappa shape index (κ3) is 6.44. The zero-order valence-corrected chi connectivity index (χ0v) is 18.9. The first-order valence-corrected chi connectivity index (χ1v) is 11.9. The summed E-state index contributed by atoms with van der Waals surface area (Å²) in [7, 11) is -3.63. The summed E-state index contributed by atoms with van der Waals surface area (Å²) in [5.74, 6) is 1.90. The van der Waals surface area contributed by atoms with E-state index >= 15 is 0 Å². The number of ether oxygens (including phenoxy) is 1. The summed E-state index contributed by atoms with van der Waals surface area (Å²) in [4.78, 5) is 12.4. The van der Waals surface area contributed by atoms with Gasteiger partial charge in [-0.2, -0.15) is 0 Å². The van der Waals surface area contributed by atoms with E-state index in [4.69, 9.17) is 9.15 Å². The SMILES string of the molecule is O=C(/C=C/c1ccc(CNS(=O)(=O)c2ccccc2)o1)Nc1ccc(Oc2ccccc2)cc1. The van der Waals surface area contributed by atoms with Crippen molar-refractivity contribution in [1.82, 2.24) is 4.72 Å². The van der Waals surface area contributed by atoms with Gasteiger partial charge in [-0.3, -0.25) is 4.79 Å². The zero-order valence-electron chi connectivity index (χ0n) is 18.0. The fourth-order valence-electron chi connectivity index (χ4n) is 3.00. The summed E-state index contributed by atoms with van der Waals surface area (Å²) in [6.07, 6.45) is 2.85. The van der Waals surface area contributed by atoms with Gasteiger partial charge in [0, 0.05) is 11.8 Å². The van der Waals surface area contributed by atoms with Crippen LogP contribution in [0.25, 0.3) is 6.08 Å². The highest BCUT2D eigenvalue weighted by molar-refractivity contribution is 7.89. The topological polar surface area (TPSA) is 97.6 Å². The summed E-state index contributed by atoms with van der Waals surface area (Å²) in [6.45, 7) is -0.00529. The molecule has 4 aromatic rings. The number of carbonyl (C=O) groups excluding carboxylic acids is 1. The third-order valence-corrected chi connectivity index (χ3v) is 6.09. The van der Waals surface area contributed by atoms with Gasteiger partial charge in [0.15, 0.2) is 0 Å². The lowest BCUT2D eigenvalue weighted by atomic mass is 10.3. The third-order valence-electron chi connectivity index (χ3n) is 4.67. The van der Waals surface area contributed by atoms with Crippen LogP contribution >= 0.6 is 0 Å². The molecule has 0 aliphatic carbocycles. The minimum Gasteiger partial charge on any atom is -0.460 e. The molecule has 0 saturated carbocycles. The van der Waals surface area contributed by atoms with E-state index in [2.05, 4.69) is 10.0 Å². The van der Waals surface area contributed by atoms with E-state index in [1.54, 1.807) is 54.6 Å². The van der Waals surface area contributed by atoms with Crippen molar-refractivity contribution in [1.29, 1.82) is 0 Å². The Morgan fingerprint density at radius 2 is 1.47 bits per heavy atom. The molecule has 8 heteroatoms. The lowest BCUT2D eigenvalue weighted by Gasteiger charge is -2.07. The smallest absolute Gasteiger partial charge is 0.248 e. The Morgan fingerprint density at radius 3 is 2.18 bits per heavy atom. The molecule has 3 aromatic carbocycles. The molecular formula is C26H22N2O5S. The molecule has 34 heavy (non-hydrogen) atoms. The highest BCUT2D eigenvalue weighted by atomic mass is 32.2. The molecular weight excluding hydrogens is 452 g/mol. The number of hydrogen-bond acceptors (Lipinski definition) is 5. The molecule has 4 rings (SSSR count). The fourth-order valence-corrected chi connectivity index (χ4v) is 4.02. The summed E-state index contributed by atoms with van der Waals surface area (Å²) in [5, 5.41) is 2.76. The number of furan rings is 1. The van der Waals surface area contributed by atoms with Gasteiger partial charge in [0.2, 0.25) is 15.9 Å². The number of para-hydroxylation sites is 1. The summed E-state index contributed by atoms with van der Waals surface area (Å²) in [5.41, 5.74) is 0.616. The number of sulfonamides is 1. The Hall–Kier alpha value is -4.14. The molecule has 0 spiro atoms. The number of nitrogens with one attached hydrogen (secondary N) is 2. The van der Waals surface area contributed by atoms with Gasteiger partial charge in [0.1, 0.15) is 23.0 Å². The second-order valence-electron chi connectivity index (χ2n) is 7.20. The minimum atomic E-state index is -3.63. The van der Waals surface area contributed by atoms with Gasteiger partial charge >= 0.3 is 0 Å². The van der Waals surface area contributed by atoms with Gasteiger partial charge in [-0.1, -0.05) is 36.4 Å². The van der Waals surface area contributed by atoms with Crippen LogP contribution in [0.1, 0.15) is 11.5 Å².